The lowest BCUT2D eigenvalue weighted by molar-refractivity contribution is 0.0376. The summed E-state index contributed by atoms with van der Waals surface area (Å²) < 4.78 is 5.38. The summed E-state index contributed by atoms with van der Waals surface area (Å²) in [5, 5.41) is 4.27. The van der Waals surface area contributed by atoms with Gasteiger partial charge in [0.05, 0.1) is 13.2 Å². The Morgan fingerprint density at radius 3 is 2.37 bits per heavy atom. The number of nitrogens with one attached hydrogen (secondary N) is 1. The van der Waals surface area contributed by atoms with Gasteiger partial charge in [-0.15, -0.1) is 0 Å². The van der Waals surface area contributed by atoms with Crippen molar-refractivity contribution in [1.82, 2.24) is 15.1 Å². The fourth-order valence-electron chi connectivity index (χ4n) is 3.51. The maximum Gasteiger partial charge on any atom is 0.169 e. The first-order valence-electron chi connectivity index (χ1n) is 9.82. The van der Waals surface area contributed by atoms with Crippen molar-refractivity contribution in [2.24, 2.45) is 0 Å². The van der Waals surface area contributed by atoms with E-state index in [0.717, 1.165) is 82.7 Å². The van der Waals surface area contributed by atoms with Gasteiger partial charge in [0.2, 0.25) is 0 Å². The van der Waals surface area contributed by atoms with Crippen molar-refractivity contribution in [3.8, 4) is 0 Å². The number of piperazine rings is 1. The van der Waals surface area contributed by atoms with Crippen LogP contribution >= 0.6 is 12.2 Å². The number of carbonyl (C=O) groups excluding carboxylic acids is 1. The van der Waals surface area contributed by atoms with Crippen LogP contribution in [0.3, 0.4) is 0 Å². The highest BCUT2D eigenvalue weighted by Crippen LogP contribution is 2.17. The van der Waals surface area contributed by atoms with Crippen LogP contribution in [-0.4, -0.2) is 86.3 Å². The first-order chi connectivity index (χ1) is 13.1. The Bertz CT molecular complexity index is 623. The van der Waals surface area contributed by atoms with E-state index in [1.807, 2.05) is 24.3 Å². The zero-order chi connectivity index (χ0) is 19.1. The van der Waals surface area contributed by atoms with E-state index in [2.05, 4.69) is 20.0 Å². The normalized spacial score (nSPS) is 18.4. The molecular weight excluding hydrogens is 360 g/mol. The average Bonchev–Trinajstić information content (AvgIpc) is 2.72. The second-order valence-corrected chi connectivity index (χ2v) is 7.50. The standard InChI is InChI=1S/C20H30N4O2S/c1-17(25)18-3-5-19(6-4-18)23-9-11-24(12-10-23)20(27)21-7-2-8-22-13-15-26-16-14-22/h3-6H,2,7-16H2,1H3,(H,21,27). The molecule has 3 rings (SSSR count). The summed E-state index contributed by atoms with van der Waals surface area (Å²) in [4.78, 5) is 18.5. The van der Waals surface area contributed by atoms with Gasteiger partial charge in [0.25, 0.3) is 0 Å². The van der Waals surface area contributed by atoms with Gasteiger partial charge in [-0.2, -0.15) is 0 Å². The molecule has 0 aliphatic carbocycles. The molecular formula is C20H30N4O2S. The van der Waals surface area contributed by atoms with Crippen LogP contribution in [0.4, 0.5) is 5.69 Å². The van der Waals surface area contributed by atoms with E-state index in [4.69, 9.17) is 17.0 Å². The fraction of sp³-hybridized carbons (Fsp3) is 0.600. The number of rotatable bonds is 6. The lowest BCUT2D eigenvalue weighted by atomic mass is 10.1. The Hall–Kier alpha value is -1.70. The van der Waals surface area contributed by atoms with E-state index in [9.17, 15) is 4.79 Å². The topological polar surface area (TPSA) is 48.1 Å². The van der Waals surface area contributed by atoms with Crippen molar-refractivity contribution in [1.29, 1.82) is 0 Å². The van der Waals surface area contributed by atoms with Crippen molar-refractivity contribution in [2.45, 2.75) is 13.3 Å². The van der Waals surface area contributed by atoms with Crippen LogP contribution in [-0.2, 0) is 4.74 Å². The highest BCUT2D eigenvalue weighted by Gasteiger charge is 2.19. The minimum absolute atomic E-state index is 0.108. The third kappa shape index (κ3) is 5.89. The van der Waals surface area contributed by atoms with Crippen LogP contribution < -0.4 is 10.2 Å². The number of ether oxygens (including phenoxy) is 1. The average molecular weight is 391 g/mol. The van der Waals surface area contributed by atoms with Crippen molar-refractivity contribution in [3.63, 3.8) is 0 Å². The maximum absolute atomic E-state index is 11.4. The number of hydrogen-bond donors (Lipinski definition) is 1. The first-order valence-corrected chi connectivity index (χ1v) is 10.2. The number of anilines is 1. The molecule has 1 aromatic rings. The minimum atomic E-state index is 0.108. The summed E-state index contributed by atoms with van der Waals surface area (Å²) in [7, 11) is 0. The number of carbonyl (C=O) groups is 1. The molecule has 0 amide bonds. The molecule has 2 aliphatic heterocycles. The molecule has 27 heavy (non-hydrogen) atoms. The summed E-state index contributed by atoms with van der Waals surface area (Å²) in [5.41, 5.74) is 1.93. The van der Waals surface area contributed by atoms with Gasteiger partial charge < -0.3 is 19.9 Å². The monoisotopic (exact) mass is 390 g/mol. The Morgan fingerprint density at radius 2 is 1.74 bits per heavy atom. The van der Waals surface area contributed by atoms with E-state index >= 15 is 0 Å². The Kier molecular flexibility index (Phi) is 7.43. The molecule has 0 unspecified atom stereocenters. The molecule has 148 valence electrons. The summed E-state index contributed by atoms with van der Waals surface area (Å²) >= 11 is 5.57. The smallest absolute Gasteiger partial charge is 0.169 e. The predicted octanol–water partition coefficient (Wildman–Crippen LogP) is 1.61. The van der Waals surface area contributed by atoms with E-state index in [1.165, 1.54) is 5.69 Å². The Morgan fingerprint density at radius 1 is 1.07 bits per heavy atom. The van der Waals surface area contributed by atoms with Crippen molar-refractivity contribution >= 4 is 28.8 Å². The molecule has 0 bridgehead atoms. The van der Waals surface area contributed by atoms with Crippen molar-refractivity contribution in [2.75, 3.05) is 70.5 Å². The van der Waals surface area contributed by atoms with E-state index in [1.54, 1.807) is 6.92 Å². The van der Waals surface area contributed by atoms with Gasteiger partial charge in [-0.3, -0.25) is 9.69 Å². The summed E-state index contributed by atoms with van der Waals surface area (Å²) in [6, 6.07) is 7.89. The molecule has 0 spiro atoms. The summed E-state index contributed by atoms with van der Waals surface area (Å²) in [6.45, 7) is 11.1. The SMILES string of the molecule is CC(=O)c1ccc(N2CCN(C(=S)NCCCN3CCOCC3)CC2)cc1. The largest absolute Gasteiger partial charge is 0.379 e. The van der Waals surface area contributed by atoms with Gasteiger partial charge >= 0.3 is 0 Å². The lowest BCUT2D eigenvalue weighted by Gasteiger charge is -2.37. The van der Waals surface area contributed by atoms with Gasteiger partial charge in [0, 0.05) is 57.1 Å². The number of ketones is 1. The molecule has 2 aliphatic rings. The van der Waals surface area contributed by atoms with E-state index < -0.39 is 0 Å². The third-order valence-corrected chi connectivity index (χ3v) is 5.64. The molecule has 1 N–H and O–H groups in total. The Balaban J connectivity index is 1.35. The van der Waals surface area contributed by atoms with Gasteiger partial charge in [0.15, 0.2) is 10.9 Å². The van der Waals surface area contributed by atoms with E-state index in [0.29, 0.717) is 0 Å². The van der Waals surface area contributed by atoms with Crippen LogP contribution in [0.15, 0.2) is 24.3 Å². The zero-order valence-electron chi connectivity index (χ0n) is 16.2. The van der Waals surface area contributed by atoms with Gasteiger partial charge in [-0.1, -0.05) is 0 Å². The van der Waals surface area contributed by atoms with Crippen LogP contribution in [0.1, 0.15) is 23.7 Å². The van der Waals surface area contributed by atoms with Crippen LogP contribution in [0.5, 0.6) is 0 Å². The van der Waals surface area contributed by atoms with Crippen molar-refractivity contribution in [3.05, 3.63) is 29.8 Å². The van der Waals surface area contributed by atoms with Crippen molar-refractivity contribution < 1.29 is 9.53 Å². The van der Waals surface area contributed by atoms with Crippen LogP contribution in [0, 0.1) is 0 Å². The Labute approximate surface area is 167 Å². The molecule has 0 radical (unpaired) electrons. The third-order valence-electron chi connectivity index (χ3n) is 5.24. The molecule has 1 aromatic carbocycles. The molecule has 0 saturated carbocycles. The molecule has 2 fully saturated rings. The first kappa shape index (κ1) is 20.0. The zero-order valence-corrected chi connectivity index (χ0v) is 17.0. The van der Waals surface area contributed by atoms with Gasteiger partial charge in [-0.05, 0) is 56.4 Å². The van der Waals surface area contributed by atoms with Crippen LogP contribution in [0.25, 0.3) is 0 Å². The number of thiocarbonyl (C=S) groups is 1. The number of hydrogen-bond acceptors (Lipinski definition) is 5. The number of Topliss-reactive ketones (excluding diaryl/α,β-unsaturated/α-hetero) is 1. The van der Waals surface area contributed by atoms with E-state index in [-0.39, 0.29) is 5.78 Å². The molecule has 2 saturated heterocycles. The second kappa shape index (κ2) is 10.0. The fourth-order valence-corrected chi connectivity index (χ4v) is 3.79. The molecule has 6 nitrogen and oxygen atoms in total. The summed E-state index contributed by atoms with van der Waals surface area (Å²) in [5.74, 6) is 0.108. The quantitative estimate of drug-likeness (QED) is 0.450. The molecule has 0 atom stereocenters. The highest BCUT2D eigenvalue weighted by molar-refractivity contribution is 7.80. The molecule has 0 aromatic heterocycles. The highest BCUT2D eigenvalue weighted by atomic mass is 32.1. The number of morpholine rings is 1. The second-order valence-electron chi connectivity index (χ2n) is 7.12. The molecule has 2 heterocycles. The lowest BCUT2D eigenvalue weighted by Crippen LogP contribution is -2.52. The van der Waals surface area contributed by atoms with Gasteiger partial charge in [0.1, 0.15) is 0 Å². The number of nitrogens with zero attached hydrogens (tertiary/aromatic N) is 3. The summed E-state index contributed by atoms with van der Waals surface area (Å²) in [6.07, 6.45) is 1.10. The minimum Gasteiger partial charge on any atom is -0.379 e. The molecule has 7 heteroatoms. The maximum atomic E-state index is 11.4. The van der Waals surface area contributed by atoms with Crippen LogP contribution in [0.2, 0.25) is 0 Å². The predicted molar refractivity (Wildman–Crippen MR) is 113 cm³/mol. The number of benzene rings is 1. The van der Waals surface area contributed by atoms with Gasteiger partial charge in [-0.25, -0.2) is 0 Å².